The van der Waals surface area contributed by atoms with Gasteiger partial charge in [-0.1, -0.05) is 71.6 Å². The number of hydrogen-bond donors (Lipinski definition) is 0. The molecule has 1 rings (SSSR count). The van der Waals surface area contributed by atoms with Crippen LogP contribution >= 0.6 is 0 Å². The maximum atomic E-state index is 6.34. The van der Waals surface area contributed by atoms with Crippen LogP contribution in [0.5, 0.6) is 0 Å². The molecule has 1 aliphatic rings. The van der Waals surface area contributed by atoms with Gasteiger partial charge in [0.1, 0.15) is 0 Å². The Balaban J connectivity index is 2.57. The van der Waals surface area contributed by atoms with E-state index in [1.165, 1.54) is 77.0 Å². The van der Waals surface area contributed by atoms with Crippen LogP contribution in [0.1, 0.15) is 105 Å². The van der Waals surface area contributed by atoms with Crippen LogP contribution < -0.4 is 0 Å². The molecule has 1 aliphatic carbocycles. The Morgan fingerprint density at radius 1 is 0.826 bits per heavy atom. The third-order valence-electron chi connectivity index (χ3n) is 5.59. The topological polar surface area (TPSA) is 18.5 Å². The molecule has 0 heterocycles. The van der Waals surface area contributed by atoms with Crippen LogP contribution in [0.15, 0.2) is 0 Å². The van der Waals surface area contributed by atoms with Gasteiger partial charge < -0.3 is 9.47 Å². The summed E-state index contributed by atoms with van der Waals surface area (Å²) < 4.78 is 12.7. The predicted molar refractivity (Wildman–Crippen MR) is 99.7 cm³/mol. The van der Waals surface area contributed by atoms with Crippen molar-refractivity contribution in [2.45, 2.75) is 111 Å². The highest BCUT2D eigenvalue weighted by molar-refractivity contribution is 4.87. The molecule has 2 nitrogen and oxygen atoms in total. The molecular weight excluding hydrogens is 284 g/mol. The van der Waals surface area contributed by atoms with Gasteiger partial charge in [-0.25, -0.2) is 0 Å². The van der Waals surface area contributed by atoms with Crippen molar-refractivity contribution in [2.75, 3.05) is 13.2 Å². The lowest BCUT2D eigenvalue weighted by Gasteiger charge is -2.46. The van der Waals surface area contributed by atoms with Crippen molar-refractivity contribution < 1.29 is 9.47 Å². The fourth-order valence-corrected chi connectivity index (χ4v) is 4.35. The van der Waals surface area contributed by atoms with E-state index in [1.54, 1.807) is 0 Å². The van der Waals surface area contributed by atoms with Gasteiger partial charge in [-0.05, 0) is 33.1 Å². The van der Waals surface area contributed by atoms with E-state index in [0.717, 1.165) is 13.2 Å². The van der Waals surface area contributed by atoms with Crippen molar-refractivity contribution in [1.29, 1.82) is 0 Å². The average molecular weight is 327 g/mol. The van der Waals surface area contributed by atoms with Gasteiger partial charge >= 0.3 is 0 Å². The van der Waals surface area contributed by atoms with Gasteiger partial charge in [0.15, 0.2) is 5.79 Å². The highest BCUT2D eigenvalue weighted by Crippen LogP contribution is 2.42. The number of rotatable bonds is 13. The molecule has 0 aliphatic heterocycles. The minimum absolute atomic E-state index is 0.326. The first-order valence-electron chi connectivity index (χ1n) is 10.5. The molecule has 23 heavy (non-hydrogen) atoms. The number of ether oxygens (including phenoxy) is 2. The predicted octanol–water partition coefficient (Wildman–Crippen LogP) is 6.72. The second-order valence-corrected chi connectivity index (χ2v) is 7.38. The third-order valence-corrected chi connectivity index (χ3v) is 5.59. The molecule has 0 spiro atoms. The quantitative estimate of drug-likeness (QED) is 0.276. The van der Waals surface area contributed by atoms with Crippen molar-refractivity contribution in [3.05, 3.63) is 0 Å². The summed E-state index contributed by atoms with van der Waals surface area (Å²) in [6.45, 7) is 10.4. The molecule has 138 valence electrons. The van der Waals surface area contributed by atoms with Crippen LogP contribution in [0.2, 0.25) is 0 Å². The second kappa shape index (κ2) is 12.3. The summed E-state index contributed by atoms with van der Waals surface area (Å²) in [7, 11) is 0. The molecule has 0 bridgehead atoms. The number of hydrogen-bond acceptors (Lipinski definition) is 2. The zero-order valence-electron chi connectivity index (χ0n) is 16.4. The summed E-state index contributed by atoms with van der Waals surface area (Å²) in [6.07, 6.45) is 16.1. The summed E-state index contributed by atoms with van der Waals surface area (Å²) in [5.74, 6) is 0.760. The minimum Gasteiger partial charge on any atom is -0.350 e. The Labute approximate surface area is 145 Å². The molecule has 0 saturated heterocycles. The highest BCUT2D eigenvalue weighted by atomic mass is 16.7. The Morgan fingerprint density at radius 3 is 1.96 bits per heavy atom. The van der Waals surface area contributed by atoms with Crippen LogP contribution in [0.3, 0.4) is 0 Å². The SMILES string of the molecule is CCCCCCCCC(C)C(OCC)(OCC)C1CCCCC1. The number of unbranched alkanes of at least 4 members (excludes halogenated alkanes) is 5. The van der Waals surface area contributed by atoms with E-state index in [0.29, 0.717) is 11.8 Å². The van der Waals surface area contributed by atoms with Crippen LogP contribution in [0.4, 0.5) is 0 Å². The van der Waals surface area contributed by atoms with E-state index in [4.69, 9.17) is 9.47 Å². The lowest BCUT2D eigenvalue weighted by molar-refractivity contribution is -0.295. The van der Waals surface area contributed by atoms with E-state index in [-0.39, 0.29) is 5.79 Å². The van der Waals surface area contributed by atoms with E-state index in [9.17, 15) is 0 Å². The standard InChI is InChI=1S/C21H42O2/c1-5-8-9-10-11-13-16-19(4)21(22-6-2,23-7-3)20-17-14-12-15-18-20/h19-20H,5-18H2,1-4H3. The van der Waals surface area contributed by atoms with Crippen LogP contribution in [0, 0.1) is 11.8 Å². The molecule has 0 radical (unpaired) electrons. The Kier molecular flexibility index (Phi) is 11.2. The Hall–Kier alpha value is -0.0800. The summed E-state index contributed by atoms with van der Waals surface area (Å²) >= 11 is 0. The molecule has 0 N–H and O–H groups in total. The molecular formula is C21H42O2. The van der Waals surface area contributed by atoms with Gasteiger partial charge in [0.05, 0.1) is 0 Å². The zero-order valence-corrected chi connectivity index (χ0v) is 16.4. The maximum absolute atomic E-state index is 6.34. The minimum atomic E-state index is -0.326. The summed E-state index contributed by atoms with van der Waals surface area (Å²) in [5, 5.41) is 0. The van der Waals surface area contributed by atoms with Gasteiger partial charge in [0.2, 0.25) is 0 Å². The molecule has 1 unspecified atom stereocenters. The second-order valence-electron chi connectivity index (χ2n) is 7.38. The van der Waals surface area contributed by atoms with Crippen molar-refractivity contribution in [3.8, 4) is 0 Å². The Bertz CT molecular complexity index is 265. The van der Waals surface area contributed by atoms with Gasteiger partial charge in [-0.3, -0.25) is 0 Å². The fraction of sp³-hybridized carbons (Fsp3) is 1.00. The van der Waals surface area contributed by atoms with Crippen LogP contribution in [0.25, 0.3) is 0 Å². The lowest BCUT2D eigenvalue weighted by Crippen LogP contribution is -2.50. The van der Waals surface area contributed by atoms with E-state index in [1.807, 2.05) is 0 Å². The average Bonchev–Trinajstić information content (AvgIpc) is 2.58. The monoisotopic (exact) mass is 326 g/mol. The van der Waals surface area contributed by atoms with Crippen LogP contribution in [-0.2, 0) is 9.47 Å². The molecule has 2 heteroatoms. The molecule has 0 aromatic carbocycles. The molecule has 0 aromatic rings. The zero-order chi connectivity index (χ0) is 17.0. The first kappa shape index (κ1) is 21.0. The maximum Gasteiger partial charge on any atom is 0.173 e. The van der Waals surface area contributed by atoms with Gasteiger partial charge in [-0.2, -0.15) is 0 Å². The smallest absolute Gasteiger partial charge is 0.173 e. The lowest BCUT2D eigenvalue weighted by atomic mass is 9.76. The molecule has 0 aromatic heterocycles. The van der Waals surface area contributed by atoms with Crippen molar-refractivity contribution >= 4 is 0 Å². The van der Waals surface area contributed by atoms with E-state index in [2.05, 4.69) is 27.7 Å². The van der Waals surface area contributed by atoms with Gasteiger partial charge in [0, 0.05) is 25.0 Å². The first-order valence-corrected chi connectivity index (χ1v) is 10.5. The molecule has 1 fully saturated rings. The first-order chi connectivity index (χ1) is 11.2. The largest absolute Gasteiger partial charge is 0.350 e. The normalized spacial score (nSPS) is 18.3. The van der Waals surface area contributed by atoms with Gasteiger partial charge in [0.25, 0.3) is 0 Å². The molecule has 1 atom stereocenters. The highest BCUT2D eigenvalue weighted by Gasteiger charge is 2.45. The van der Waals surface area contributed by atoms with E-state index >= 15 is 0 Å². The van der Waals surface area contributed by atoms with E-state index < -0.39 is 0 Å². The third kappa shape index (κ3) is 6.74. The van der Waals surface area contributed by atoms with Crippen molar-refractivity contribution in [3.63, 3.8) is 0 Å². The Morgan fingerprint density at radius 2 is 1.39 bits per heavy atom. The molecule has 1 saturated carbocycles. The summed E-state index contributed by atoms with van der Waals surface area (Å²) in [5.41, 5.74) is 0. The van der Waals surface area contributed by atoms with Crippen molar-refractivity contribution in [1.82, 2.24) is 0 Å². The van der Waals surface area contributed by atoms with Crippen LogP contribution in [-0.4, -0.2) is 19.0 Å². The summed E-state index contributed by atoms with van der Waals surface area (Å²) in [6, 6.07) is 0. The van der Waals surface area contributed by atoms with Gasteiger partial charge in [-0.15, -0.1) is 0 Å². The summed E-state index contributed by atoms with van der Waals surface area (Å²) in [4.78, 5) is 0. The van der Waals surface area contributed by atoms with Crippen molar-refractivity contribution in [2.24, 2.45) is 11.8 Å². The molecule has 0 amide bonds. The fourth-order valence-electron chi connectivity index (χ4n) is 4.35.